The summed E-state index contributed by atoms with van der Waals surface area (Å²) in [5, 5.41) is 4.08. The van der Waals surface area contributed by atoms with Crippen molar-refractivity contribution >= 4 is 5.91 Å². The van der Waals surface area contributed by atoms with Crippen LogP contribution in [0.2, 0.25) is 0 Å². The molecule has 3 aromatic carbocycles. The van der Waals surface area contributed by atoms with E-state index in [4.69, 9.17) is 14.0 Å². The summed E-state index contributed by atoms with van der Waals surface area (Å²) in [7, 11) is 0. The fourth-order valence-corrected chi connectivity index (χ4v) is 4.94. The van der Waals surface area contributed by atoms with Crippen molar-refractivity contribution in [3.63, 3.8) is 0 Å². The van der Waals surface area contributed by atoms with Gasteiger partial charge in [0.2, 0.25) is 0 Å². The highest BCUT2D eigenvalue weighted by Crippen LogP contribution is 2.35. The molecule has 1 fully saturated rings. The Labute approximate surface area is 209 Å². The van der Waals surface area contributed by atoms with Crippen molar-refractivity contribution in [3.05, 3.63) is 102 Å². The average molecular weight is 482 g/mol. The van der Waals surface area contributed by atoms with Gasteiger partial charge in [0.15, 0.2) is 23.0 Å². The fraction of sp³-hybridized carbons (Fsp3) is 0.241. The molecule has 1 aromatic heterocycles. The predicted molar refractivity (Wildman–Crippen MR) is 135 cm³/mol. The molecule has 0 saturated carbocycles. The molecule has 4 aromatic rings. The number of hydrogen-bond donors (Lipinski definition) is 0. The summed E-state index contributed by atoms with van der Waals surface area (Å²) in [6.45, 7) is 3.85. The summed E-state index contributed by atoms with van der Waals surface area (Å²) in [4.78, 5) is 17.5. The van der Waals surface area contributed by atoms with E-state index >= 15 is 0 Å². The number of fused-ring (bicyclic) bond motifs is 1. The lowest BCUT2D eigenvalue weighted by Gasteiger charge is -2.39. The van der Waals surface area contributed by atoms with Crippen molar-refractivity contribution in [2.24, 2.45) is 0 Å². The average Bonchev–Trinajstić information content (AvgIpc) is 3.45. The number of amides is 1. The molecule has 7 heteroatoms. The van der Waals surface area contributed by atoms with Gasteiger partial charge in [0.25, 0.3) is 5.91 Å². The van der Waals surface area contributed by atoms with Crippen LogP contribution < -0.4 is 9.47 Å². The van der Waals surface area contributed by atoms with Gasteiger partial charge in [-0.25, -0.2) is 0 Å². The molecule has 182 valence electrons. The smallest absolute Gasteiger partial charge is 0.276 e. The van der Waals surface area contributed by atoms with Gasteiger partial charge in [-0.3, -0.25) is 9.69 Å². The van der Waals surface area contributed by atoms with Crippen molar-refractivity contribution in [1.82, 2.24) is 15.0 Å². The minimum Gasteiger partial charge on any atom is -0.486 e. The van der Waals surface area contributed by atoms with Gasteiger partial charge < -0.3 is 18.9 Å². The van der Waals surface area contributed by atoms with Gasteiger partial charge in [-0.2, -0.15) is 0 Å². The van der Waals surface area contributed by atoms with Crippen LogP contribution in [0.15, 0.2) is 89.5 Å². The van der Waals surface area contributed by atoms with Crippen LogP contribution in [0.1, 0.15) is 27.7 Å². The maximum Gasteiger partial charge on any atom is 0.276 e. The number of nitrogens with zero attached hydrogens (tertiary/aromatic N) is 3. The van der Waals surface area contributed by atoms with Crippen molar-refractivity contribution < 1.29 is 18.8 Å². The number of aromatic nitrogens is 1. The van der Waals surface area contributed by atoms with E-state index < -0.39 is 0 Å². The van der Waals surface area contributed by atoms with Gasteiger partial charge in [0, 0.05) is 37.8 Å². The lowest BCUT2D eigenvalue weighted by molar-refractivity contribution is 0.0588. The predicted octanol–water partition coefficient (Wildman–Crippen LogP) is 4.66. The standard InChI is InChI=1S/C29H27N3O4/c33-29(24-20-26(36-30-24)23-11-12-25-27(19-23)35-18-17-34-25)32-15-13-31(14-16-32)28(21-7-3-1-4-8-21)22-9-5-2-6-10-22/h1-12,19-20,28H,13-18H2. The van der Waals surface area contributed by atoms with E-state index in [0.717, 1.165) is 18.7 Å². The van der Waals surface area contributed by atoms with Crippen molar-refractivity contribution in [1.29, 1.82) is 0 Å². The zero-order chi connectivity index (χ0) is 24.3. The highest BCUT2D eigenvalue weighted by atomic mass is 16.6. The van der Waals surface area contributed by atoms with Crippen LogP contribution >= 0.6 is 0 Å². The first kappa shape index (κ1) is 22.4. The van der Waals surface area contributed by atoms with Gasteiger partial charge in [-0.15, -0.1) is 0 Å². The van der Waals surface area contributed by atoms with E-state index in [1.54, 1.807) is 6.07 Å². The van der Waals surface area contributed by atoms with Gasteiger partial charge in [0.1, 0.15) is 13.2 Å². The summed E-state index contributed by atoms with van der Waals surface area (Å²) in [5.41, 5.74) is 3.62. The summed E-state index contributed by atoms with van der Waals surface area (Å²) in [5.74, 6) is 1.80. The molecule has 0 bridgehead atoms. The highest BCUT2D eigenvalue weighted by Gasteiger charge is 2.30. The van der Waals surface area contributed by atoms with Gasteiger partial charge in [-0.1, -0.05) is 65.8 Å². The summed E-state index contributed by atoms with van der Waals surface area (Å²) in [6, 6.07) is 28.5. The summed E-state index contributed by atoms with van der Waals surface area (Å²) >= 11 is 0. The lowest BCUT2D eigenvalue weighted by atomic mass is 9.96. The normalized spacial score (nSPS) is 15.8. The molecule has 7 nitrogen and oxygen atoms in total. The third-order valence-corrected chi connectivity index (χ3v) is 6.75. The molecule has 36 heavy (non-hydrogen) atoms. The molecule has 0 N–H and O–H groups in total. The molecule has 6 rings (SSSR count). The van der Waals surface area contributed by atoms with Gasteiger partial charge in [0.05, 0.1) is 6.04 Å². The molecule has 3 heterocycles. The van der Waals surface area contributed by atoms with Crippen LogP contribution in [0.4, 0.5) is 0 Å². The molecule has 0 aliphatic carbocycles. The number of carbonyl (C=O) groups is 1. The topological polar surface area (TPSA) is 68.0 Å². The number of rotatable bonds is 5. The van der Waals surface area contributed by atoms with Crippen LogP contribution in [0.25, 0.3) is 11.3 Å². The van der Waals surface area contributed by atoms with E-state index in [-0.39, 0.29) is 11.9 Å². The Hall–Kier alpha value is -4.10. The first-order valence-electron chi connectivity index (χ1n) is 12.3. The Bertz CT molecular complexity index is 1290. The minimum atomic E-state index is -0.113. The van der Waals surface area contributed by atoms with Crippen LogP contribution in [0, 0.1) is 0 Å². The summed E-state index contributed by atoms with van der Waals surface area (Å²) < 4.78 is 16.8. The van der Waals surface area contributed by atoms with Crippen molar-refractivity contribution in [2.75, 3.05) is 39.4 Å². The van der Waals surface area contributed by atoms with Crippen molar-refractivity contribution in [2.45, 2.75) is 6.04 Å². The second-order valence-electron chi connectivity index (χ2n) is 8.99. The van der Waals surface area contributed by atoms with Gasteiger partial charge in [-0.05, 0) is 29.3 Å². The van der Waals surface area contributed by atoms with Crippen LogP contribution in [-0.2, 0) is 0 Å². The Morgan fingerprint density at radius 3 is 2.06 bits per heavy atom. The SMILES string of the molecule is O=C(c1cc(-c2ccc3c(c2)OCCO3)on1)N1CCN(C(c2ccccc2)c2ccccc2)CC1. The number of benzene rings is 3. The number of carbonyl (C=O) groups excluding carboxylic acids is 1. The molecule has 0 spiro atoms. The Kier molecular flexibility index (Phi) is 6.13. The summed E-state index contributed by atoms with van der Waals surface area (Å²) in [6.07, 6.45) is 0. The maximum atomic E-state index is 13.2. The molecule has 1 amide bonds. The molecule has 2 aliphatic rings. The first-order chi connectivity index (χ1) is 17.8. The van der Waals surface area contributed by atoms with Crippen LogP contribution in [-0.4, -0.2) is 60.3 Å². The molecule has 0 unspecified atom stereocenters. The zero-order valence-electron chi connectivity index (χ0n) is 19.9. The molecular weight excluding hydrogens is 454 g/mol. The molecule has 2 aliphatic heterocycles. The molecular formula is C29H27N3O4. The number of ether oxygens (including phenoxy) is 2. The third-order valence-electron chi connectivity index (χ3n) is 6.75. The Morgan fingerprint density at radius 2 is 1.39 bits per heavy atom. The second kappa shape index (κ2) is 9.87. The highest BCUT2D eigenvalue weighted by molar-refractivity contribution is 5.93. The number of piperazine rings is 1. The Balaban J connectivity index is 1.15. The minimum absolute atomic E-state index is 0.113. The van der Waals surface area contributed by atoms with E-state index in [1.807, 2.05) is 35.2 Å². The van der Waals surface area contributed by atoms with Crippen molar-refractivity contribution in [3.8, 4) is 22.8 Å². The molecule has 1 saturated heterocycles. The van der Waals surface area contributed by atoms with E-state index in [2.05, 4.69) is 58.6 Å². The second-order valence-corrected chi connectivity index (χ2v) is 8.99. The number of hydrogen-bond acceptors (Lipinski definition) is 6. The van der Waals surface area contributed by atoms with E-state index in [9.17, 15) is 4.79 Å². The van der Waals surface area contributed by atoms with Crippen LogP contribution in [0.3, 0.4) is 0 Å². The zero-order valence-corrected chi connectivity index (χ0v) is 19.9. The first-order valence-corrected chi connectivity index (χ1v) is 12.3. The Morgan fingerprint density at radius 1 is 0.750 bits per heavy atom. The lowest BCUT2D eigenvalue weighted by Crippen LogP contribution is -2.50. The van der Waals surface area contributed by atoms with Gasteiger partial charge >= 0.3 is 0 Å². The van der Waals surface area contributed by atoms with E-state index in [1.165, 1.54) is 11.1 Å². The maximum absolute atomic E-state index is 13.2. The molecule has 0 atom stereocenters. The van der Waals surface area contributed by atoms with E-state index in [0.29, 0.717) is 49.3 Å². The molecule has 0 radical (unpaired) electrons. The fourth-order valence-electron chi connectivity index (χ4n) is 4.94. The largest absolute Gasteiger partial charge is 0.486 e. The quantitative estimate of drug-likeness (QED) is 0.413. The van der Waals surface area contributed by atoms with Crippen LogP contribution in [0.5, 0.6) is 11.5 Å². The monoisotopic (exact) mass is 481 g/mol. The third kappa shape index (κ3) is 4.45.